The van der Waals surface area contributed by atoms with Crippen molar-refractivity contribution in [3.05, 3.63) is 12.1 Å². The van der Waals surface area contributed by atoms with Gasteiger partial charge in [0.05, 0.1) is 0 Å². The number of halogens is 3. The first kappa shape index (κ1) is 13.0. The van der Waals surface area contributed by atoms with Gasteiger partial charge in [-0.2, -0.15) is 0 Å². The minimum absolute atomic E-state index is 0.0131. The largest absolute Gasteiger partial charge is 0.506 e. The molecule has 2 aliphatic rings. The molecule has 0 N–H and O–H groups in total. The van der Waals surface area contributed by atoms with E-state index >= 15 is 0 Å². The first-order chi connectivity index (χ1) is 7.95. The van der Waals surface area contributed by atoms with E-state index in [1.54, 1.807) is 0 Å². The van der Waals surface area contributed by atoms with Crippen LogP contribution in [-0.4, -0.2) is 56.0 Å². The van der Waals surface area contributed by atoms with E-state index in [0.29, 0.717) is 0 Å². The van der Waals surface area contributed by atoms with Gasteiger partial charge in [-0.1, -0.05) is 0 Å². The Balaban J connectivity index is 1.69. The molecule has 0 atom stereocenters. The van der Waals surface area contributed by atoms with Crippen LogP contribution in [0.3, 0.4) is 0 Å². The zero-order valence-electron chi connectivity index (χ0n) is 10.0. The molecular formula is C11H19BF3N2-. The van der Waals surface area contributed by atoms with Gasteiger partial charge >= 0.3 is 6.98 Å². The lowest BCUT2D eigenvalue weighted by Gasteiger charge is -2.36. The summed E-state index contributed by atoms with van der Waals surface area (Å²) in [5.41, 5.74) is -0.569. The molecule has 0 radical (unpaired) electrons. The number of nitrogens with zero attached hydrogens (tertiary/aromatic N) is 2. The molecule has 6 heteroatoms. The predicted octanol–water partition coefficient (Wildman–Crippen LogP) is 1.96. The van der Waals surface area contributed by atoms with Crippen molar-refractivity contribution in [3.8, 4) is 0 Å². The molecule has 0 unspecified atom stereocenters. The van der Waals surface area contributed by atoms with E-state index in [-0.39, 0.29) is 6.54 Å². The molecule has 2 rings (SSSR count). The molecule has 2 nitrogen and oxygen atoms in total. The summed E-state index contributed by atoms with van der Waals surface area (Å²) in [4.78, 5) is 4.23. The van der Waals surface area contributed by atoms with E-state index in [4.69, 9.17) is 0 Å². The lowest BCUT2D eigenvalue weighted by Crippen LogP contribution is -2.48. The van der Waals surface area contributed by atoms with E-state index in [1.807, 2.05) is 4.90 Å². The zero-order valence-corrected chi connectivity index (χ0v) is 10.0. The zero-order chi connectivity index (χ0) is 12.5. The minimum Gasteiger partial charge on any atom is -0.445 e. The van der Waals surface area contributed by atoms with Crippen molar-refractivity contribution < 1.29 is 12.9 Å². The van der Waals surface area contributed by atoms with Crippen molar-refractivity contribution >= 4 is 6.98 Å². The highest BCUT2D eigenvalue weighted by Gasteiger charge is 2.30. The van der Waals surface area contributed by atoms with Crippen molar-refractivity contribution in [2.75, 3.05) is 39.3 Å². The van der Waals surface area contributed by atoms with Crippen molar-refractivity contribution in [1.29, 1.82) is 0 Å². The second-order valence-corrected chi connectivity index (χ2v) is 5.25. The maximum Gasteiger partial charge on any atom is 0.506 e. The Bertz CT molecular complexity index is 281. The Morgan fingerprint density at radius 3 is 2.06 bits per heavy atom. The number of hydrogen-bond acceptors (Lipinski definition) is 2. The van der Waals surface area contributed by atoms with Crippen LogP contribution in [0.1, 0.15) is 12.8 Å². The molecule has 0 aromatic rings. The van der Waals surface area contributed by atoms with Crippen LogP contribution in [0.15, 0.2) is 12.1 Å². The highest BCUT2D eigenvalue weighted by Crippen LogP contribution is 2.30. The smallest absolute Gasteiger partial charge is 0.445 e. The molecule has 0 aromatic heterocycles. The van der Waals surface area contributed by atoms with Crippen LogP contribution in [0.2, 0.25) is 0 Å². The monoisotopic (exact) mass is 247 g/mol. The Hall–Kier alpha value is -0.485. The first-order valence-corrected chi connectivity index (χ1v) is 6.27. The highest BCUT2D eigenvalue weighted by molar-refractivity contribution is 6.66. The topological polar surface area (TPSA) is 6.48 Å². The Morgan fingerprint density at radius 2 is 1.59 bits per heavy atom. The van der Waals surface area contributed by atoms with Crippen molar-refractivity contribution in [2.24, 2.45) is 5.92 Å². The van der Waals surface area contributed by atoms with E-state index in [1.165, 1.54) is 12.8 Å². The Labute approximate surface area is 101 Å². The molecule has 0 spiro atoms. The Morgan fingerprint density at radius 1 is 1.06 bits per heavy atom. The van der Waals surface area contributed by atoms with E-state index < -0.39 is 12.4 Å². The summed E-state index contributed by atoms with van der Waals surface area (Å²) >= 11 is 0. The predicted molar refractivity (Wildman–Crippen MR) is 63.8 cm³/mol. The second-order valence-electron chi connectivity index (χ2n) is 5.25. The molecule has 1 saturated carbocycles. The lowest BCUT2D eigenvalue weighted by atomic mass is 9.80. The first-order valence-electron chi connectivity index (χ1n) is 6.27. The molecule has 1 saturated heterocycles. The summed E-state index contributed by atoms with van der Waals surface area (Å²) in [5.74, 6) is 0.857. The van der Waals surface area contributed by atoms with Gasteiger partial charge in [-0.05, 0) is 25.3 Å². The van der Waals surface area contributed by atoms with Crippen LogP contribution in [-0.2, 0) is 0 Å². The molecule has 1 heterocycles. The van der Waals surface area contributed by atoms with Gasteiger partial charge in [0.15, 0.2) is 0 Å². The third kappa shape index (κ3) is 4.03. The van der Waals surface area contributed by atoms with Crippen LogP contribution in [0.25, 0.3) is 0 Å². The molecule has 0 bridgehead atoms. The summed E-state index contributed by atoms with van der Waals surface area (Å²) < 4.78 is 37.2. The maximum absolute atomic E-state index is 12.4. The van der Waals surface area contributed by atoms with Gasteiger partial charge in [0.2, 0.25) is 0 Å². The summed E-state index contributed by atoms with van der Waals surface area (Å²) in [6.45, 7) is 2.66. The molecule has 0 amide bonds. The van der Waals surface area contributed by atoms with Gasteiger partial charge in [0, 0.05) is 32.7 Å². The van der Waals surface area contributed by atoms with Crippen LogP contribution in [0, 0.1) is 5.92 Å². The lowest BCUT2D eigenvalue weighted by molar-refractivity contribution is 0.136. The van der Waals surface area contributed by atoms with Gasteiger partial charge in [0.1, 0.15) is 0 Å². The molecule has 2 fully saturated rings. The molecule has 1 aliphatic heterocycles. The fourth-order valence-electron chi connectivity index (χ4n) is 2.19. The summed E-state index contributed by atoms with van der Waals surface area (Å²) in [6.07, 6.45) is 2.65. The van der Waals surface area contributed by atoms with Crippen molar-refractivity contribution in [3.63, 3.8) is 0 Å². The molecule has 1 aliphatic carbocycles. The normalized spacial score (nSPS) is 23.9. The molecule has 17 heavy (non-hydrogen) atoms. The van der Waals surface area contributed by atoms with Gasteiger partial charge in [-0.25, -0.2) is 0 Å². The van der Waals surface area contributed by atoms with Crippen LogP contribution < -0.4 is 0 Å². The average molecular weight is 247 g/mol. The summed E-state index contributed by atoms with van der Waals surface area (Å²) in [7, 11) is 0. The fourth-order valence-corrected chi connectivity index (χ4v) is 2.19. The highest BCUT2D eigenvalue weighted by atomic mass is 19.4. The van der Waals surface area contributed by atoms with E-state index in [0.717, 1.165) is 38.6 Å². The van der Waals surface area contributed by atoms with Crippen LogP contribution >= 0.6 is 0 Å². The van der Waals surface area contributed by atoms with E-state index in [9.17, 15) is 12.9 Å². The standard InChI is InChI=1S/C11H19BF3N2/c1-10(12(13,14)15)8-16-4-6-17(7-5-16)9-11-2-3-11/h11H,1-9H2/q-1. The SMILES string of the molecule is C=C(CN1CCN(CC2CC2)CC1)[B-](F)(F)F. The summed E-state index contributed by atoms with van der Waals surface area (Å²) in [6, 6.07) is 0. The Kier molecular flexibility index (Phi) is 3.83. The second kappa shape index (κ2) is 5.02. The number of piperazine rings is 1. The number of rotatable bonds is 5. The molecular weight excluding hydrogens is 228 g/mol. The number of hydrogen-bond donors (Lipinski definition) is 0. The van der Waals surface area contributed by atoms with Gasteiger partial charge in [0.25, 0.3) is 0 Å². The molecule has 98 valence electrons. The minimum atomic E-state index is -4.87. The van der Waals surface area contributed by atoms with Gasteiger partial charge in [-0.15, -0.1) is 12.1 Å². The maximum atomic E-state index is 12.4. The van der Waals surface area contributed by atoms with Crippen molar-refractivity contribution in [2.45, 2.75) is 12.8 Å². The van der Waals surface area contributed by atoms with Gasteiger partial charge in [-0.3, -0.25) is 4.90 Å². The average Bonchev–Trinajstić information content (AvgIpc) is 3.03. The van der Waals surface area contributed by atoms with Gasteiger partial charge < -0.3 is 17.8 Å². The van der Waals surface area contributed by atoms with Crippen LogP contribution in [0.4, 0.5) is 12.9 Å². The summed E-state index contributed by atoms with van der Waals surface area (Å²) in [5, 5.41) is 0. The third-order valence-corrected chi connectivity index (χ3v) is 3.57. The van der Waals surface area contributed by atoms with E-state index in [2.05, 4.69) is 11.5 Å². The molecule has 0 aromatic carbocycles. The van der Waals surface area contributed by atoms with Crippen LogP contribution in [0.5, 0.6) is 0 Å². The third-order valence-electron chi connectivity index (χ3n) is 3.57. The fraction of sp³-hybridized carbons (Fsp3) is 0.818. The van der Waals surface area contributed by atoms with Crippen molar-refractivity contribution in [1.82, 2.24) is 9.80 Å². The quantitative estimate of drug-likeness (QED) is 0.685.